The fourth-order valence-corrected chi connectivity index (χ4v) is 2.77. The van der Waals surface area contributed by atoms with Crippen LogP contribution in [0.5, 0.6) is 0 Å². The second-order valence-corrected chi connectivity index (χ2v) is 5.13. The quantitative estimate of drug-likeness (QED) is 0.669. The Kier molecular flexibility index (Phi) is 3.20. The van der Waals surface area contributed by atoms with Crippen LogP contribution in [0, 0.1) is 23.7 Å². The fourth-order valence-electron chi connectivity index (χ4n) is 2.77. The molecule has 1 saturated carbocycles. The predicted octanol–water partition coefficient (Wildman–Crippen LogP) is 1.28. The number of ether oxygens (including phenoxy) is 1. The summed E-state index contributed by atoms with van der Waals surface area (Å²) in [6.45, 7) is 2.33. The summed E-state index contributed by atoms with van der Waals surface area (Å²) in [6.07, 6.45) is 9.50. The van der Waals surface area contributed by atoms with Gasteiger partial charge in [0.05, 0.1) is 6.61 Å². The van der Waals surface area contributed by atoms with Gasteiger partial charge in [0.1, 0.15) is 0 Å². The first-order valence-corrected chi connectivity index (χ1v) is 5.92. The minimum Gasteiger partial charge on any atom is -0.384 e. The predicted molar refractivity (Wildman–Crippen MR) is 61.7 cm³/mol. The third-order valence-corrected chi connectivity index (χ3v) is 3.84. The first-order chi connectivity index (χ1) is 7.69. The number of rotatable bonds is 4. The Morgan fingerprint density at radius 2 is 2.38 bits per heavy atom. The SMILES string of the molecule is C#CC1CC(=O)N(CC2(COC)CCC2)C1. The Balaban J connectivity index is 1.94. The Bertz CT molecular complexity index is 314. The maximum atomic E-state index is 11.8. The second kappa shape index (κ2) is 4.47. The number of carbonyl (C=O) groups is 1. The van der Waals surface area contributed by atoms with Crippen LogP contribution in [0.4, 0.5) is 0 Å². The summed E-state index contributed by atoms with van der Waals surface area (Å²) in [5.41, 5.74) is 0.216. The molecule has 2 aliphatic rings. The van der Waals surface area contributed by atoms with Crippen LogP contribution in [0.1, 0.15) is 25.7 Å². The lowest BCUT2D eigenvalue weighted by Crippen LogP contribution is -2.45. The van der Waals surface area contributed by atoms with Gasteiger partial charge in [-0.05, 0) is 12.8 Å². The molecule has 1 atom stereocenters. The van der Waals surface area contributed by atoms with Crippen LogP contribution in [-0.2, 0) is 9.53 Å². The molecule has 1 aliphatic heterocycles. The van der Waals surface area contributed by atoms with E-state index in [4.69, 9.17) is 11.2 Å². The van der Waals surface area contributed by atoms with Gasteiger partial charge in [-0.25, -0.2) is 0 Å². The normalized spacial score (nSPS) is 27.6. The summed E-state index contributed by atoms with van der Waals surface area (Å²) < 4.78 is 5.27. The number of amides is 1. The first-order valence-electron chi connectivity index (χ1n) is 5.92. The molecular formula is C13H19NO2. The molecule has 0 aromatic rings. The largest absolute Gasteiger partial charge is 0.384 e. The van der Waals surface area contributed by atoms with E-state index < -0.39 is 0 Å². The lowest BCUT2D eigenvalue weighted by molar-refractivity contribution is -0.131. The Labute approximate surface area is 97.1 Å². The number of hydrogen-bond donors (Lipinski definition) is 0. The van der Waals surface area contributed by atoms with Crippen molar-refractivity contribution in [2.75, 3.05) is 26.8 Å². The highest BCUT2D eigenvalue weighted by molar-refractivity contribution is 5.79. The van der Waals surface area contributed by atoms with Gasteiger partial charge < -0.3 is 9.64 Å². The third kappa shape index (κ3) is 2.08. The molecule has 3 heteroatoms. The van der Waals surface area contributed by atoms with E-state index in [2.05, 4.69) is 5.92 Å². The van der Waals surface area contributed by atoms with Gasteiger partial charge in [0.25, 0.3) is 0 Å². The molecule has 1 aliphatic carbocycles. The summed E-state index contributed by atoms with van der Waals surface area (Å²) in [5, 5.41) is 0. The van der Waals surface area contributed by atoms with Crippen molar-refractivity contribution in [2.24, 2.45) is 11.3 Å². The molecule has 2 fully saturated rings. The van der Waals surface area contributed by atoms with Gasteiger partial charge in [-0.3, -0.25) is 4.79 Å². The molecule has 0 aromatic carbocycles. The standard InChI is InChI=1S/C13H19NO2/c1-3-11-7-12(15)14(8-11)9-13(10-16-2)5-4-6-13/h1,11H,4-10H2,2H3. The smallest absolute Gasteiger partial charge is 0.223 e. The summed E-state index contributed by atoms with van der Waals surface area (Å²) in [4.78, 5) is 13.7. The second-order valence-electron chi connectivity index (χ2n) is 5.13. The molecule has 1 saturated heterocycles. The van der Waals surface area contributed by atoms with Gasteiger partial charge in [0, 0.05) is 38.0 Å². The van der Waals surface area contributed by atoms with Gasteiger partial charge >= 0.3 is 0 Å². The van der Waals surface area contributed by atoms with Gasteiger partial charge in [-0.2, -0.15) is 0 Å². The number of carbonyl (C=O) groups excluding carboxylic acids is 1. The van der Waals surface area contributed by atoms with Gasteiger partial charge in [0.2, 0.25) is 5.91 Å². The molecule has 0 spiro atoms. The molecule has 1 amide bonds. The number of likely N-dealkylation sites (tertiary alicyclic amines) is 1. The van der Waals surface area contributed by atoms with E-state index in [-0.39, 0.29) is 17.2 Å². The molecule has 88 valence electrons. The van der Waals surface area contributed by atoms with Crippen LogP contribution in [0.3, 0.4) is 0 Å². The van der Waals surface area contributed by atoms with Crippen molar-refractivity contribution in [1.82, 2.24) is 4.90 Å². The molecule has 0 radical (unpaired) electrons. The Morgan fingerprint density at radius 3 is 2.81 bits per heavy atom. The number of nitrogens with zero attached hydrogens (tertiary/aromatic N) is 1. The highest BCUT2D eigenvalue weighted by Crippen LogP contribution is 2.42. The maximum Gasteiger partial charge on any atom is 0.223 e. The first kappa shape index (κ1) is 11.5. The molecule has 0 bridgehead atoms. The highest BCUT2D eigenvalue weighted by atomic mass is 16.5. The van der Waals surface area contributed by atoms with E-state index in [9.17, 15) is 4.79 Å². The summed E-state index contributed by atoms with van der Waals surface area (Å²) >= 11 is 0. The zero-order valence-corrected chi connectivity index (χ0v) is 9.87. The Morgan fingerprint density at radius 1 is 1.62 bits per heavy atom. The van der Waals surface area contributed by atoms with Crippen LogP contribution in [0.25, 0.3) is 0 Å². The average molecular weight is 221 g/mol. The van der Waals surface area contributed by atoms with Crippen molar-refractivity contribution >= 4 is 5.91 Å². The molecule has 0 aromatic heterocycles. The fraction of sp³-hybridized carbons (Fsp3) is 0.769. The van der Waals surface area contributed by atoms with Crippen molar-refractivity contribution < 1.29 is 9.53 Å². The molecular weight excluding hydrogens is 202 g/mol. The van der Waals surface area contributed by atoms with Crippen LogP contribution < -0.4 is 0 Å². The number of hydrogen-bond acceptors (Lipinski definition) is 2. The molecule has 1 heterocycles. The van der Waals surface area contributed by atoms with E-state index in [0.29, 0.717) is 6.42 Å². The van der Waals surface area contributed by atoms with Crippen LogP contribution in [0.15, 0.2) is 0 Å². The molecule has 3 nitrogen and oxygen atoms in total. The lowest BCUT2D eigenvalue weighted by Gasteiger charge is -2.43. The maximum absolute atomic E-state index is 11.8. The van der Waals surface area contributed by atoms with Crippen molar-refractivity contribution in [2.45, 2.75) is 25.7 Å². The minimum atomic E-state index is 0.118. The minimum absolute atomic E-state index is 0.118. The van der Waals surface area contributed by atoms with Crippen LogP contribution in [-0.4, -0.2) is 37.6 Å². The van der Waals surface area contributed by atoms with E-state index in [1.807, 2.05) is 4.90 Å². The Hall–Kier alpha value is -1.01. The van der Waals surface area contributed by atoms with E-state index >= 15 is 0 Å². The van der Waals surface area contributed by atoms with Crippen LogP contribution in [0.2, 0.25) is 0 Å². The van der Waals surface area contributed by atoms with Crippen molar-refractivity contribution in [3.05, 3.63) is 0 Å². The van der Waals surface area contributed by atoms with Crippen molar-refractivity contribution in [1.29, 1.82) is 0 Å². The summed E-state index contributed by atoms with van der Waals surface area (Å²) in [6, 6.07) is 0. The topological polar surface area (TPSA) is 29.5 Å². The number of methoxy groups -OCH3 is 1. The van der Waals surface area contributed by atoms with Gasteiger partial charge in [-0.1, -0.05) is 6.42 Å². The zero-order chi connectivity index (χ0) is 11.6. The molecule has 2 rings (SSSR count). The van der Waals surface area contributed by atoms with Crippen LogP contribution >= 0.6 is 0 Å². The average Bonchev–Trinajstić information content (AvgIpc) is 2.56. The van der Waals surface area contributed by atoms with E-state index in [0.717, 1.165) is 19.7 Å². The number of terminal acetylenes is 1. The molecule has 0 N–H and O–H groups in total. The molecule has 1 unspecified atom stereocenters. The highest BCUT2D eigenvalue weighted by Gasteiger charge is 2.41. The summed E-state index contributed by atoms with van der Waals surface area (Å²) in [5.74, 6) is 3.02. The monoisotopic (exact) mass is 221 g/mol. The van der Waals surface area contributed by atoms with E-state index in [1.165, 1.54) is 19.3 Å². The zero-order valence-electron chi connectivity index (χ0n) is 9.87. The van der Waals surface area contributed by atoms with Crippen molar-refractivity contribution in [3.63, 3.8) is 0 Å². The van der Waals surface area contributed by atoms with Gasteiger partial charge in [-0.15, -0.1) is 12.3 Å². The van der Waals surface area contributed by atoms with E-state index in [1.54, 1.807) is 7.11 Å². The van der Waals surface area contributed by atoms with Gasteiger partial charge in [0.15, 0.2) is 0 Å². The van der Waals surface area contributed by atoms with Crippen molar-refractivity contribution in [3.8, 4) is 12.3 Å². The third-order valence-electron chi connectivity index (χ3n) is 3.84. The molecule has 16 heavy (non-hydrogen) atoms. The lowest BCUT2D eigenvalue weighted by atomic mass is 9.69. The summed E-state index contributed by atoms with van der Waals surface area (Å²) in [7, 11) is 1.73.